The molecule has 2 aromatic rings. The van der Waals surface area contributed by atoms with Crippen LogP contribution in [0.2, 0.25) is 0 Å². The van der Waals surface area contributed by atoms with Crippen LogP contribution >= 0.6 is 0 Å². The van der Waals surface area contributed by atoms with Crippen molar-refractivity contribution in [3.05, 3.63) is 70.8 Å². The quantitative estimate of drug-likeness (QED) is 0.856. The topological polar surface area (TPSA) is 71.4 Å². The number of carbonyl (C=O) groups is 1. The van der Waals surface area contributed by atoms with Crippen molar-refractivity contribution in [1.29, 1.82) is 5.26 Å². The predicted octanol–water partition coefficient (Wildman–Crippen LogP) is 1.62. The van der Waals surface area contributed by atoms with E-state index in [0.717, 1.165) is 11.1 Å². The summed E-state index contributed by atoms with van der Waals surface area (Å²) in [7, 11) is -0.594. The Morgan fingerprint density at radius 2 is 1.87 bits per heavy atom. The average Bonchev–Trinajstić information content (AvgIpc) is 3.23. The van der Waals surface area contributed by atoms with E-state index in [1.165, 1.54) is 0 Å². The number of hydrogen-bond acceptors (Lipinski definition) is 4. The minimum atomic E-state index is -0.891. The van der Waals surface area contributed by atoms with Crippen LogP contribution in [0.1, 0.15) is 27.0 Å². The third-order valence-corrected chi connectivity index (χ3v) is 4.33. The molecule has 0 bridgehead atoms. The van der Waals surface area contributed by atoms with Gasteiger partial charge in [0.15, 0.2) is 0 Å². The van der Waals surface area contributed by atoms with Gasteiger partial charge in [-0.1, -0.05) is 36.4 Å². The molecule has 23 heavy (non-hydrogen) atoms. The number of benzene rings is 2. The van der Waals surface area contributed by atoms with Gasteiger partial charge in [0, 0.05) is 5.56 Å². The predicted molar refractivity (Wildman–Crippen MR) is 83.5 cm³/mol. The summed E-state index contributed by atoms with van der Waals surface area (Å²) in [5.74, 6) is -0.222. The van der Waals surface area contributed by atoms with E-state index in [2.05, 4.69) is 11.4 Å². The van der Waals surface area contributed by atoms with Crippen LogP contribution in [0.5, 0.6) is 0 Å². The van der Waals surface area contributed by atoms with E-state index in [-0.39, 0.29) is 5.91 Å². The van der Waals surface area contributed by atoms with Gasteiger partial charge >= 0.3 is 7.12 Å². The van der Waals surface area contributed by atoms with Gasteiger partial charge in [-0.05, 0) is 23.3 Å². The summed E-state index contributed by atoms with van der Waals surface area (Å²) in [6.07, 6.45) is 0. The molecule has 0 radical (unpaired) electrons. The van der Waals surface area contributed by atoms with Crippen molar-refractivity contribution in [3.63, 3.8) is 0 Å². The normalized spacial score (nSPS) is 22.6. The molecule has 2 heterocycles. The Morgan fingerprint density at radius 1 is 1.13 bits per heavy atom. The van der Waals surface area contributed by atoms with E-state index in [1.807, 2.05) is 36.4 Å². The minimum absolute atomic E-state index is 0.222. The molecule has 0 aromatic heterocycles. The zero-order chi connectivity index (χ0) is 15.9. The molecule has 1 atom stereocenters. The zero-order valence-corrected chi connectivity index (χ0v) is 12.3. The first-order valence-corrected chi connectivity index (χ1v) is 7.41. The van der Waals surface area contributed by atoms with Crippen LogP contribution in [0.15, 0.2) is 48.5 Å². The summed E-state index contributed by atoms with van der Waals surface area (Å²) < 4.78 is 11.5. The van der Waals surface area contributed by atoms with Gasteiger partial charge in [-0.15, -0.1) is 0 Å². The Bertz CT molecular complexity index is 812. The molecular formula is C17H13BN2O3. The van der Waals surface area contributed by atoms with Gasteiger partial charge in [0.05, 0.1) is 24.8 Å². The van der Waals surface area contributed by atoms with Crippen LogP contribution in [0.4, 0.5) is 0 Å². The highest BCUT2D eigenvalue weighted by Gasteiger charge is 2.56. The SMILES string of the molecule is N#Cc1ccc2c(c1)C(=O)NC2(B1OCCO1)c1ccccc1. The lowest BCUT2D eigenvalue weighted by Crippen LogP contribution is -2.54. The second-order valence-corrected chi connectivity index (χ2v) is 5.57. The highest BCUT2D eigenvalue weighted by Crippen LogP contribution is 2.41. The Morgan fingerprint density at radius 3 is 2.57 bits per heavy atom. The number of nitrogens with zero attached hydrogens (tertiary/aromatic N) is 1. The van der Waals surface area contributed by atoms with Gasteiger partial charge in [0.2, 0.25) is 0 Å². The standard InChI is InChI=1S/C17H13BN2O3/c19-11-12-6-7-15-14(10-12)16(21)20-17(15,18-22-8-9-23-18)13-4-2-1-3-5-13/h1-7,10H,8-9H2,(H,20,21). The molecule has 1 saturated heterocycles. The molecule has 2 aliphatic rings. The molecule has 0 saturated carbocycles. The second-order valence-electron chi connectivity index (χ2n) is 5.57. The van der Waals surface area contributed by atoms with E-state index in [9.17, 15) is 4.79 Å². The van der Waals surface area contributed by atoms with Crippen LogP contribution in [0.3, 0.4) is 0 Å². The fourth-order valence-corrected chi connectivity index (χ4v) is 3.32. The first-order chi connectivity index (χ1) is 11.3. The number of nitriles is 1. The first-order valence-electron chi connectivity index (χ1n) is 7.41. The average molecular weight is 304 g/mol. The first kappa shape index (κ1) is 14.0. The lowest BCUT2D eigenvalue weighted by Gasteiger charge is -2.32. The Hall–Kier alpha value is -2.62. The summed E-state index contributed by atoms with van der Waals surface area (Å²) in [4.78, 5) is 12.5. The molecule has 1 N–H and O–H groups in total. The number of hydrogen-bond donors (Lipinski definition) is 1. The molecule has 1 unspecified atom stereocenters. The number of amides is 1. The number of fused-ring (bicyclic) bond motifs is 1. The summed E-state index contributed by atoms with van der Waals surface area (Å²) >= 11 is 0. The number of nitrogens with one attached hydrogen (secondary N) is 1. The largest absolute Gasteiger partial charge is 0.494 e. The molecule has 6 heteroatoms. The maximum atomic E-state index is 12.5. The van der Waals surface area contributed by atoms with Crippen molar-refractivity contribution >= 4 is 13.0 Å². The smallest absolute Gasteiger partial charge is 0.407 e. The third-order valence-electron chi connectivity index (χ3n) is 4.33. The highest BCUT2D eigenvalue weighted by atomic mass is 16.6. The van der Waals surface area contributed by atoms with Gasteiger partial charge in [0.1, 0.15) is 5.44 Å². The highest BCUT2D eigenvalue weighted by molar-refractivity contribution is 6.51. The van der Waals surface area contributed by atoms with Gasteiger partial charge < -0.3 is 14.6 Å². The second kappa shape index (κ2) is 5.23. The Kier molecular flexibility index (Phi) is 3.19. The third kappa shape index (κ3) is 1.98. The Labute approximate surface area is 134 Å². The van der Waals surface area contributed by atoms with E-state index in [0.29, 0.717) is 24.3 Å². The summed E-state index contributed by atoms with van der Waals surface area (Å²) in [5.41, 5.74) is 1.73. The van der Waals surface area contributed by atoms with Crippen LogP contribution < -0.4 is 5.32 Å². The molecule has 4 rings (SSSR count). The van der Waals surface area contributed by atoms with Gasteiger partial charge in [-0.3, -0.25) is 4.79 Å². The summed E-state index contributed by atoms with van der Waals surface area (Å²) in [5, 5.41) is 12.1. The molecule has 112 valence electrons. The van der Waals surface area contributed by atoms with Gasteiger partial charge in [-0.25, -0.2) is 0 Å². The lowest BCUT2D eigenvalue weighted by atomic mass is 9.58. The van der Waals surface area contributed by atoms with Crippen LogP contribution in [-0.2, 0) is 14.7 Å². The van der Waals surface area contributed by atoms with Crippen LogP contribution in [-0.4, -0.2) is 26.2 Å². The van der Waals surface area contributed by atoms with Crippen molar-refractivity contribution in [2.45, 2.75) is 5.44 Å². The molecule has 0 spiro atoms. The molecular weight excluding hydrogens is 291 g/mol. The van der Waals surface area contributed by atoms with E-state index in [1.54, 1.807) is 12.1 Å². The van der Waals surface area contributed by atoms with Crippen molar-refractivity contribution in [1.82, 2.24) is 5.32 Å². The van der Waals surface area contributed by atoms with Crippen molar-refractivity contribution in [2.24, 2.45) is 0 Å². The van der Waals surface area contributed by atoms with Gasteiger partial charge in [0.25, 0.3) is 5.91 Å². The van der Waals surface area contributed by atoms with Crippen molar-refractivity contribution < 1.29 is 14.1 Å². The monoisotopic (exact) mass is 304 g/mol. The summed E-state index contributed by atoms with van der Waals surface area (Å²) in [6.45, 7) is 0.974. The van der Waals surface area contributed by atoms with Gasteiger partial charge in [-0.2, -0.15) is 5.26 Å². The van der Waals surface area contributed by atoms with Crippen molar-refractivity contribution in [2.75, 3.05) is 13.2 Å². The molecule has 1 amide bonds. The molecule has 0 aliphatic carbocycles. The van der Waals surface area contributed by atoms with Crippen molar-refractivity contribution in [3.8, 4) is 6.07 Å². The lowest BCUT2D eigenvalue weighted by molar-refractivity contribution is 0.0947. The fraction of sp³-hybridized carbons (Fsp3) is 0.176. The van der Waals surface area contributed by atoms with Crippen LogP contribution in [0.25, 0.3) is 0 Å². The molecule has 5 nitrogen and oxygen atoms in total. The summed E-state index contributed by atoms with van der Waals surface area (Å²) in [6, 6.07) is 16.8. The zero-order valence-electron chi connectivity index (χ0n) is 12.3. The number of carbonyl (C=O) groups excluding carboxylic acids is 1. The fourth-order valence-electron chi connectivity index (χ4n) is 3.32. The van der Waals surface area contributed by atoms with E-state index < -0.39 is 12.6 Å². The minimum Gasteiger partial charge on any atom is -0.407 e. The van der Waals surface area contributed by atoms with E-state index in [4.69, 9.17) is 14.6 Å². The van der Waals surface area contributed by atoms with E-state index >= 15 is 0 Å². The molecule has 2 aliphatic heterocycles. The van der Waals surface area contributed by atoms with Crippen LogP contribution in [0, 0.1) is 11.3 Å². The maximum absolute atomic E-state index is 12.5. The Balaban J connectivity index is 1.96. The maximum Gasteiger partial charge on any atom is 0.494 e. The molecule has 2 aromatic carbocycles. The number of rotatable bonds is 2. The molecule has 1 fully saturated rings.